The minimum Gasteiger partial charge on any atom is -0.331 e. The van der Waals surface area contributed by atoms with Gasteiger partial charge in [0.25, 0.3) is 0 Å². The van der Waals surface area contributed by atoms with Crippen molar-refractivity contribution in [1.29, 1.82) is 0 Å². The van der Waals surface area contributed by atoms with Crippen LogP contribution in [0, 0.1) is 0 Å². The van der Waals surface area contributed by atoms with Crippen LogP contribution in [0.25, 0.3) is 0 Å². The zero-order valence-corrected chi connectivity index (χ0v) is 13.8. The Bertz CT molecular complexity index is 427. The van der Waals surface area contributed by atoms with Crippen molar-refractivity contribution < 1.29 is 4.79 Å². The SMILES string of the molecule is CN(C)C(=O)N1CCC(NCc2sccc2Br)CC1. The molecule has 1 aliphatic heterocycles. The predicted octanol–water partition coefficient (Wildman–Crippen LogP) is 2.75. The Kier molecular flexibility index (Phi) is 5.24. The summed E-state index contributed by atoms with van der Waals surface area (Å²) in [6.07, 6.45) is 2.06. The quantitative estimate of drug-likeness (QED) is 0.914. The molecule has 6 heteroatoms. The van der Waals surface area contributed by atoms with Crippen LogP contribution in [0.15, 0.2) is 15.9 Å². The lowest BCUT2D eigenvalue weighted by molar-refractivity contribution is 0.152. The van der Waals surface area contributed by atoms with Crippen LogP contribution in [0.3, 0.4) is 0 Å². The van der Waals surface area contributed by atoms with Crippen LogP contribution in [-0.2, 0) is 6.54 Å². The number of rotatable bonds is 3. The predicted molar refractivity (Wildman–Crippen MR) is 82.5 cm³/mol. The van der Waals surface area contributed by atoms with Gasteiger partial charge in [0.1, 0.15) is 0 Å². The summed E-state index contributed by atoms with van der Waals surface area (Å²) < 4.78 is 1.19. The molecule has 1 N–H and O–H groups in total. The molecule has 0 saturated carbocycles. The molecular formula is C13H20BrN3OS. The van der Waals surface area contributed by atoms with Crippen molar-refractivity contribution in [3.05, 3.63) is 20.8 Å². The molecule has 0 bridgehead atoms. The number of amides is 2. The minimum absolute atomic E-state index is 0.124. The number of piperidine rings is 1. The third-order valence-electron chi connectivity index (χ3n) is 3.39. The molecule has 19 heavy (non-hydrogen) atoms. The van der Waals surface area contributed by atoms with E-state index in [1.165, 1.54) is 9.35 Å². The second-order valence-electron chi connectivity index (χ2n) is 5.01. The van der Waals surface area contributed by atoms with Gasteiger partial charge in [-0.2, -0.15) is 0 Å². The van der Waals surface area contributed by atoms with E-state index in [1.807, 2.05) is 4.90 Å². The molecule has 2 rings (SSSR count). The van der Waals surface area contributed by atoms with Crippen molar-refractivity contribution in [1.82, 2.24) is 15.1 Å². The first-order valence-electron chi connectivity index (χ1n) is 6.49. The Labute approximate surface area is 126 Å². The van der Waals surface area contributed by atoms with Crippen LogP contribution in [0.4, 0.5) is 4.79 Å². The summed E-state index contributed by atoms with van der Waals surface area (Å²) in [7, 11) is 3.61. The number of halogens is 1. The maximum absolute atomic E-state index is 11.8. The zero-order valence-electron chi connectivity index (χ0n) is 11.4. The second kappa shape index (κ2) is 6.72. The highest BCUT2D eigenvalue weighted by atomic mass is 79.9. The highest BCUT2D eigenvalue weighted by molar-refractivity contribution is 9.10. The van der Waals surface area contributed by atoms with Crippen molar-refractivity contribution in [2.24, 2.45) is 0 Å². The summed E-state index contributed by atoms with van der Waals surface area (Å²) in [6, 6.07) is 2.72. The van der Waals surface area contributed by atoms with Crippen LogP contribution >= 0.6 is 27.3 Å². The molecule has 0 spiro atoms. The molecule has 106 valence electrons. The molecule has 1 fully saturated rings. The third-order valence-corrected chi connectivity index (χ3v) is 5.32. The van der Waals surface area contributed by atoms with Crippen LogP contribution in [0.2, 0.25) is 0 Å². The van der Waals surface area contributed by atoms with Gasteiger partial charge in [-0.3, -0.25) is 0 Å². The van der Waals surface area contributed by atoms with Crippen molar-refractivity contribution in [3.8, 4) is 0 Å². The van der Waals surface area contributed by atoms with Gasteiger partial charge in [-0.25, -0.2) is 4.79 Å². The largest absolute Gasteiger partial charge is 0.331 e. The third kappa shape index (κ3) is 3.94. The van der Waals surface area contributed by atoms with Crippen molar-refractivity contribution in [2.75, 3.05) is 27.2 Å². The highest BCUT2D eigenvalue weighted by Crippen LogP contribution is 2.23. The van der Waals surface area contributed by atoms with Gasteiger partial charge in [0, 0.05) is 49.1 Å². The van der Waals surface area contributed by atoms with Gasteiger partial charge in [0.15, 0.2) is 0 Å². The van der Waals surface area contributed by atoms with Gasteiger partial charge in [0.05, 0.1) is 0 Å². The van der Waals surface area contributed by atoms with Crippen LogP contribution in [0.1, 0.15) is 17.7 Å². The number of hydrogen-bond acceptors (Lipinski definition) is 3. The van der Waals surface area contributed by atoms with Gasteiger partial charge in [-0.1, -0.05) is 0 Å². The minimum atomic E-state index is 0.124. The molecule has 0 aromatic carbocycles. The molecule has 1 aromatic heterocycles. The van der Waals surface area contributed by atoms with Crippen LogP contribution in [0.5, 0.6) is 0 Å². The van der Waals surface area contributed by atoms with Gasteiger partial charge in [-0.05, 0) is 40.2 Å². The topological polar surface area (TPSA) is 35.6 Å². The number of carbonyl (C=O) groups excluding carboxylic acids is 1. The molecule has 1 saturated heterocycles. The van der Waals surface area contributed by atoms with E-state index in [4.69, 9.17) is 0 Å². The number of hydrogen-bond donors (Lipinski definition) is 1. The molecule has 2 amide bonds. The number of nitrogens with one attached hydrogen (secondary N) is 1. The first-order valence-corrected chi connectivity index (χ1v) is 8.16. The Morgan fingerprint density at radius 2 is 2.21 bits per heavy atom. The van der Waals surface area contributed by atoms with E-state index in [1.54, 1.807) is 30.3 Å². The van der Waals surface area contributed by atoms with Crippen LogP contribution in [-0.4, -0.2) is 49.1 Å². The average molecular weight is 346 g/mol. The molecule has 0 unspecified atom stereocenters. The molecule has 1 aromatic rings. The smallest absolute Gasteiger partial charge is 0.319 e. The fraction of sp³-hybridized carbons (Fsp3) is 0.615. The monoisotopic (exact) mass is 345 g/mol. The maximum Gasteiger partial charge on any atom is 0.319 e. The van der Waals surface area contributed by atoms with Gasteiger partial charge >= 0.3 is 6.03 Å². The fourth-order valence-electron chi connectivity index (χ4n) is 2.25. The van der Waals surface area contributed by atoms with E-state index in [2.05, 4.69) is 32.7 Å². The average Bonchev–Trinajstić information content (AvgIpc) is 2.81. The van der Waals surface area contributed by atoms with Gasteiger partial charge in [0.2, 0.25) is 0 Å². The highest BCUT2D eigenvalue weighted by Gasteiger charge is 2.23. The molecular weight excluding hydrogens is 326 g/mol. The second-order valence-corrected chi connectivity index (χ2v) is 6.87. The van der Waals surface area contributed by atoms with E-state index >= 15 is 0 Å². The number of urea groups is 1. The lowest BCUT2D eigenvalue weighted by atomic mass is 10.1. The zero-order chi connectivity index (χ0) is 13.8. The number of nitrogens with zero attached hydrogens (tertiary/aromatic N) is 2. The fourth-order valence-corrected chi connectivity index (χ4v) is 3.69. The normalized spacial score (nSPS) is 16.7. The summed E-state index contributed by atoms with van der Waals surface area (Å²) in [5.41, 5.74) is 0. The van der Waals surface area contributed by atoms with Gasteiger partial charge < -0.3 is 15.1 Å². The molecule has 0 aliphatic carbocycles. The lowest BCUT2D eigenvalue weighted by Gasteiger charge is -2.34. The van der Waals surface area contributed by atoms with Crippen molar-refractivity contribution >= 4 is 33.3 Å². The lowest BCUT2D eigenvalue weighted by Crippen LogP contribution is -2.47. The first-order chi connectivity index (χ1) is 9.08. The molecule has 2 heterocycles. The van der Waals surface area contributed by atoms with E-state index < -0.39 is 0 Å². The Hall–Kier alpha value is -0.590. The van der Waals surface area contributed by atoms with Crippen LogP contribution < -0.4 is 5.32 Å². The van der Waals surface area contributed by atoms with Crippen molar-refractivity contribution in [3.63, 3.8) is 0 Å². The summed E-state index contributed by atoms with van der Waals surface area (Å²) in [5, 5.41) is 5.68. The first kappa shape index (κ1) is 14.8. The summed E-state index contributed by atoms with van der Waals surface area (Å²) in [4.78, 5) is 16.7. The number of carbonyl (C=O) groups is 1. The standard InChI is InChI=1S/C13H20BrN3OS/c1-16(2)13(18)17-6-3-10(4-7-17)15-9-12-11(14)5-8-19-12/h5,8,10,15H,3-4,6-7,9H2,1-2H3. The maximum atomic E-state index is 11.8. The van der Waals surface area contributed by atoms with E-state index in [0.717, 1.165) is 32.5 Å². The van der Waals surface area contributed by atoms with E-state index in [-0.39, 0.29) is 6.03 Å². The van der Waals surface area contributed by atoms with Crippen molar-refractivity contribution in [2.45, 2.75) is 25.4 Å². The summed E-state index contributed by atoms with van der Waals surface area (Å²) >= 11 is 5.31. The van der Waals surface area contributed by atoms with E-state index in [9.17, 15) is 4.79 Å². The molecule has 1 aliphatic rings. The van der Waals surface area contributed by atoms with Gasteiger partial charge in [-0.15, -0.1) is 11.3 Å². The summed E-state index contributed by atoms with van der Waals surface area (Å²) in [6.45, 7) is 2.60. The Morgan fingerprint density at radius 1 is 1.53 bits per heavy atom. The number of likely N-dealkylation sites (tertiary alicyclic amines) is 1. The number of thiophene rings is 1. The molecule has 0 atom stereocenters. The molecule has 4 nitrogen and oxygen atoms in total. The van der Waals surface area contributed by atoms with E-state index in [0.29, 0.717) is 6.04 Å². The Balaban J connectivity index is 1.75. The summed E-state index contributed by atoms with van der Waals surface area (Å²) in [5.74, 6) is 0. The molecule has 0 radical (unpaired) electrons. The Morgan fingerprint density at radius 3 is 2.74 bits per heavy atom.